The first-order chi connectivity index (χ1) is 9.63. The molecule has 2 heterocycles. The zero-order valence-corrected chi connectivity index (χ0v) is 11.5. The highest BCUT2D eigenvalue weighted by molar-refractivity contribution is 7.89. The fourth-order valence-electron chi connectivity index (χ4n) is 1.66. The molecule has 0 aliphatic heterocycles. The third-order valence-corrected chi connectivity index (χ3v) is 4.05. The zero-order valence-electron chi connectivity index (χ0n) is 10.7. The van der Waals surface area contributed by atoms with E-state index in [1.807, 2.05) is 12.1 Å². The summed E-state index contributed by atoms with van der Waals surface area (Å²) in [6, 6.07) is 6.82. The van der Waals surface area contributed by atoms with Gasteiger partial charge in [0.2, 0.25) is 0 Å². The maximum absolute atomic E-state index is 12.1. The Morgan fingerprint density at radius 3 is 2.60 bits per heavy atom. The van der Waals surface area contributed by atoms with E-state index in [0.717, 1.165) is 5.56 Å². The van der Waals surface area contributed by atoms with E-state index in [9.17, 15) is 8.42 Å². The van der Waals surface area contributed by atoms with Crippen LogP contribution in [0.4, 0.5) is 5.69 Å². The van der Waals surface area contributed by atoms with Crippen LogP contribution in [0.1, 0.15) is 5.56 Å². The molecule has 0 saturated carbocycles. The molecular weight excluding hydrogens is 278 g/mol. The normalized spacial score (nSPS) is 11.2. The monoisotopic (exact) mass is 293 g/mol. The standard InChI is InChI=1S/C12H15N5O2S/c13-17-11-2-1-6-15-12(11)20(18,19)16-9-5-10-3-7-14-8-4-10/h1-4,6-8,16-17H,5,9,13H2. The number of hydrazine groups is 1. The number of nitrogens with zero attached hydrogens (tertiary/aromatic N) is 2. The molecule has 0 saturated heterocycles. The minimum absolute atomic E-state index is 0.114. The number of pyridine rings is 2. The minimum atomic E-state index is -3.69. The first-order valence-corrected chi connectivity index (χ1v) is 7.42. The van der Waals surface area contributed by atoms with Crippen LogP contribution in [0.2, 0.25) is 0 Å². The smallest absolute Gasteiger partial charge is 0.260 e. The van der Waals surface area contributed by atoms with Gasteiger partial charge in [-0.3, -0.25) is 10.8 Å². The molecule has 0 aliphatic rings. The molecule has 2 aromatic heterocycles. The molecule has 8 heteroatoms. The SMILES string of the molecule is NNc1cccnc1S(=O)(=O)NCCc1ccncc1. The Kier molecular flexibility index (Phi) is 4.61. The molecule has 2 rings (SSSR count). The molecule has 2 aromatic rings. The maximum atomic E-state index is 12.1. The van der Waals surface area contributed by atoms with Crippen LogP contribution >= 0.6 is 0 Å². The van der Waals surface area contributed by atoms with Gasteiger partial charge in [0, 0.05) is 25.1 Å². The molecule has 0 fully saturated rings. The van der Waals surface area contributed by atoms with Crippen molar-refractivity contribution in [1.29, 1.82) is 0 Å². The first-order valence-electron chi connectivity index (χ1n) is 5.93. The van der Waals surface area contributed by atoms with Crippen molar-refractivity contribution in [3.63, 3.8) is 0 Å². The predicted molar refractivity (Wildman–Crippen MR) is 75.2 cm³/mol. The predicted octanol–water partition coefficient (Wildman–Crippen LogP) is 0.283. The van der Waals surface area contributed by atoms with E-state index >= 15 is 0 Å². The second kappa shape index (κ2) is 6.42. The van der Waals surface area contributed by atoms with Gasteiger partial charge in [0.05, 0.1) is 5.69 Å². The van der Waals surface area contributed by atoms with Crippen molar-refractivity contribution in [3.8, 4) is 0 Å². The lowest BCUT2D eigenvalue weighted by molar-refractivity contribution is 0.578. The lowest BCUT2D eigenvalue weighted by atomic mass is 10.2. The molecular formula is C12H15N5O2S. The summed E-state index contributed by atoms with van der Waals surface area (Å²) < 4.78 is 26.7. The zero-order chi connectivity index (χ0) is 14.4. The Balaban J connectivity index is 2.04. The van der Waals surface area contributed by atoms with Gasteiger partial charge in [0.15, 0.2) is 5.03 Å². The van der Waals surface area contributed by atoms with Crippen molar-refractivity contribution in [2.75, 3.05) is 12.0 Å². The molecule has 0 aliphatic carbocycles. The van der Waals surface area contributed by atoms with Gasteiger partial charge in [0.25, 0.3) is 10.0 Å². The summed E-state index contributed by atoms with van der Waals surface area (Å²) in [7, 11) is -3.69. The second-order valence-electron chi connectivity index (χ2n) is 4.00. The summed E-state index contributed by atoms with van der Waals surface area (Å²) >= 11 is 0. The van der Waals surface area contributed by atoms with Crippen molar-refractivity contribution in [2.45, 2.75) is 11.4 Å². The van der Waals surface area contributed by atoms with Crippen LogP contribution < -0.4 is 16.0 Å². The average Bonchev–Trinajstić information content (AvgIpc) is 2.48. The molecule has 20 heavy (non-hydrogen) atoms. The molecule has 4 N–H and O–H groups in total. The van der Waals surface area contributed by atoms with Gasteiger partial charge in [-0.15, -0.1) is 0 Å². The van der Waals surface area contributed by atoms with Crippen LogP contribution in [0.3, 0.4) is 0 Å². The van der Waals surface area contributed by atoms with Gasteiger partial charge >= 0.3 is 0 Å². The van der Waals surface area contributed by atoms with Crippen molar-refractivity contribution in [1.82, 2.24) is 14.7 Å². The summed E-state index contributed by atoms with van der Waals surface area (Å²) in [6.45, 7) is 0.271. The molecule has 0 bridgehead atoms. The maximum Gasteiger partial charge on any atom is 0.260 e. The highest BCUT2D eigenvalue weighted by Gasteiger charge is 2.18. The molecule has 0 radical (unpaired) electrons. The van der Waals surface area contributed by atoms with Gasteiger partial charge in [-0.25, -0.2) is 18.1 Å². The van der Waals surface area contributed by atoms with Gasteiger partial charge in [0.1, 0.15) is 0 Å². The number of anilines is 1. The van der Waals surface area contributed by atoms with E-state index in [0.29, 0.717) is 6.42 Å². The van der Waals surface area contributed by atoms with E-state index < -0.39 is 10.0 Å². The molecule has 0 atom stereocenters. The summed E-state index contributed by atoms with van der Waals surface area (Å²) in [5, 5.41) is -0.114. The highest BCUT2D eigenvalue weighted by Crippen LogP contribution is 2.16. The number of nitrogens with one attached hydrogen (secondary N) is 2. The van der Waals surface area contributed by atoms with Crippen LogP contribution in [0.5, 0.6) is 0 Å². The highest BCUT2D eigenvalue weighted by atomic mass is 32.2. The quantitative estimate of drug-likeness (QED) is 0.521. The summed E-state index contributed by atoms with van der Waals surface area (Å²) in [5.41, 5.74) is 3.57. The summed E-state index contributed by atoms with van der Waals surface area (Å²) in [6.07, 6.45) is 5.30. The number of nitrogen functional groups attached to an aromatic ring is 1. The van der Waals surface area contributed by atoms with Crippen molar-refractivity contribution >= 4 is 15.7 Å². The lowest BCUT2D eigenvalue weighted by Gasteiger charge is -2.09. The molecule has 0 spiro atoms. The molecule has 7 nitrogen and oxygen atoms in total. The number of sulfonamides is 1. The van der Waals surface area contributed by atoms with E-state index in [1.165, 1.54) is 6.20 Å². The van der Waals surface area contributed by atoms with Gasteiger partial charge in [-0.1, -0.05) is 0 Å². The Bertz CT molecular complexity index is 661. The van der Waals surface area contributed by atoms with Crippen molar-refractivity contribution in [3.05, 3.63) is 48.4 Å². The largest absolute Gasteiger partial charge is 0.321 e. The van der Waals surface area contributed by atoms with E-state index in [-0.39, 0.29) is 17.3 Å². The van der Waals surface area contributed by atoms with Crippen molar-refractivity contribution in [2.24, 2.45) is 5.84 Å². The third-order valence-electron chi connectivity index (χ3n) is 2.64. The van der Waals surface area contributed by atoms with Crippen LogP contribution in [-0.2, 0) is 16.4 Å². The van der Waals surface area contributed by atoms with E-state index in [1.54, 1.807) is 24.5 Å². The number of hydrogen-bond acceptors (Lipinski definition) is 6. The fourth-order valence-corrected chi connectivity index (χ4v) is 2.79. The van der Waals surface area contributed by atoms with E-state index in [2.05, 4.69) is 20.1 Å². The summed E-state index contributed by atoms with van der Waals surface area (Å²) in [4.78, 5) is 7.75. The Hall–Kier alpha value is -2.03. The second-order valence-corrected chi connectivity index (χ2v) is 5.69. The minimum Gasteiger partial charge on any atom is -0.321 e. The average molecular weight is 293 g/mol. The number of hydrogen-bond donors (Lipinski definition) is 3. The number of aromatic nitrogens is 2. The molecule has 0 amide bonds. The molecule has 0 unspecified atom stereocenters. The van der Waals surface area contributed by atoms with Gasteiger partial charge < -0.3 is 5.43 Å². The van der Waals surface area contributed by atoms with Crippen LogP contribution in [0, 0.1) is 0 Å². The first kappa shape index (κ1) is 14.4. The van der Waals surface area contributed by atoms with Crippen molar-refractivity contribution < 1.29 is 8.42 Å². The Morgan fingerprint density at radius 2 is 1.90 bits per heavy atom. The van der Waals surface area contributed by atoms with Crippen LogP contribution in [0.15, 0.2) is 47.9 Å². The third kappa shape index (κ3) is 3.50. The topological polar surface area (TPSA) is 110 Å². The molecule has 0 aromatic carbocycles. The van der Waals surface area contributed by atoms with Crippen LogP contribution in [-0.4, -0.2) is 24.9 Å². The Labute approximate surface area is 117 Å². The van der Waals surface area contributed by atoms with Gasteiger partial charge in [-0.2, -0.15) is 0 Å². The number of nitrogens with two attached hydrogens (primary N) is 1. The fraction of sp³-hybridized carbons (Fsp3) is 0.167. The Morgan fingerprint density at radius 1 is 1.15 bits per heavy atom. The van der Waals surface area contributed by atoms with Gasteiger partial charge in [-0.05, 0) is 36.2 Å². The summed E-state index contributed by atoms with van der Waals surface area (Å²) in [5.74, 6) is 5.28. The lowest BCUT2D eigenvalue weighted by Crippen LogP contribution is -2.28. The molecule has 106 valence electrons. The van der Waals surface area contributed by atoms with Crippen LogP contribution in [0.25, 0.3) is 0 Å². The number of rotatable bonds is 6. The van der Waals surface area contributed by atoms with E-state index in [4.69, 9.17) is 5.84 Å².